The third kappa shape index (κ3) is 7.88. The number of hydrogen-bond acceptors (Lipinski definition) is 10. The predicted octanol–water partition coefficient (Wildman–Crippen LogP) is 10.3. The second kappa shape index (κ2) is 17.7. The van der Waals surface area contributed by atoms with Gasteiger partial charge in [-0.1, -0.05) is 121 Å². The molecule has 4 aromatic heterocycles. The SMILES string of the molecule is C(=N\N(c1ccccc1)c1nnn[nH]1)/c1ccc2c(c1)c1ccccc1n2CCCCCCCCn1c2ccccc2c2cc(/C=N/N(c3ccccc3)c3nnn[nH]3)ccc21. The van der Waals surface area contributed by atoms with E-state index in [1.54, 1.807) is 10.0 Å². The fourth-order valence-corrected chi connectivity index (χ4v) is 8.39. The van der Waals surface area contributed by atoms with Gasteiger partial charge in [-0.15, -0.1) is 0 Å². The van der Waals surface area contributed by atoms with Crippen LogP contribution in [0, 0.1) is 0 Å². The highest BCUT2D eigenvalue weighted by atomic mass is 15.6. The number of benzene rings is 6. The zero-order chi connectivity index (χ0) is 41.5. The molecule has 0 fully saturated rings. The Morgan fingerprint density at radius 1 is 0.435 bits per heavy atom. The third-order valence-electron chi connectivity index (χ3n) is 11.3. The van der Waals surface area contributed by atoms with E-state index < -0.39 is 0 Å². The van der Waals surface area contributed by atoms with Gasteiger partial charge in [0.1, 0.15) is 0 Å². The fourth-order valence-electron chi connectivity index (χ4n) is 8.39. The Morgan fingerprint density at radius 2 is 0.839 bits per heavy atom. The fraction of sp³-hybridized carbons (Fsp3) is 0.167. The van der Waals surface area contributed by atoms with E-state index in [1.807, 2.05) is 73.1 Å². The van der Waals surface area contributed by atoms with E-state index in [0.29, 0.717) is 11.9 Å². The second-order valence-corrected chi connectivity index (χ2v) is 15.2. The lowest BCUT2D eigenvalue weighted by atomic mass is 10.1. The molecular weight excluding hydrogens is 773 g/mol. The van der Waals surface area contributed by atoms with Crippen LogP contribution >= 0.6 is 0 Å². The first-order chi connectivity index (χ1) is 30.8. The summed E-state index contributed by atoms with van der Waals surface area (Å²) in [5.74, 6) is 0.891. The summed E-state index contributed by atoms with van der Waals surface area (Å²) in [6.45, 7) is 1.96. The average molecular weight is 817 g/mol. The molecule has 0 saturated heterocycles. The van der Waals surface area contributed by atoms with Gasteiger partial charge >= 0.3 is 0 Å². The molecule has 10 aromatic rings. The van der Waals surface area contributed by atoms with Crippen molar-refractivity contribution >= 4 is 79.3 Å². The molecule has 0 amide bonds. The molecule has 14 nitrogen and oxygen atoms in total. The first-order valence-electron chi connectivity index (χ1n) is 21.1. The summed E-state index contributed by atoms with van der Waals surface area (Å²) in [7, 11) is 0. The lowest BCUT2D eigenvalue weighted by Crippen LogP contribution is -2.11. The molecule has 0 atom stereocenters. The van der Waals surface area contributed by atoms with E-state index in [9.17, 15) is 0 Å². The lowest BCUT2D eigenvalue weighted by Gasteiger charge is -2.14. The van der Waals surface area contributed by atoms with E-state index in [1.165, 1.54) is 69.3 Å². The zero-order valence-electron chi connectivity index (χ0n) is 34.0. The van der Waals surface area contributed by atoms with Crippen molar-refractivity contribution in [3.63, 3.8) is 0 Å². The summed E-state index contributed by atoms with van der Waals surface area (Å²) in [5.41, 5.74) is 8.72. The summed E-state index contributed by atoms with van der Waals surface area (Å²) >= 11 is 0. The van der Waals surface area contributed by atoms with Gasteiger partial charge in [0.25, 0.3) is 11.9 Å². The average Bonchev–Trinajstić information content (AvgIpc) is 4.16. The van der Waals surface area contributed by atoms with Gasteiger partial charge in [-0.2, -0.15) is 20.2 Å². The van der Waals surface area contributed by atoms with Gasteiger partial charge in [-0.05, 0) is 105 Å². The molecule has 0 unspecified atom stereocenters. The van der Waals surface area contributed by atoms with Crippen molar-refractivity contribution in [1.29, 1.82) is 0 Å². The van der Waals surface area contributed by atoms with E-state index in [2.05, 4.69) is 135 Å². The first kappa shape index (κ1) is 38.2. The summed E-state index contributed by atoms with van der Waals surface area (Å²) < 4.78 is 4.96. The Morgan fingerprint density at radius 3 is 1.27 bits per heavy atom. The number of aromatic amines is 2. The van der Waals surface area contributed by atoms with Crippen LogP contribution in [0.3, 0.4) is 0 Å². The molecule has 4 heterocycles. The Hall–Kier alpha value is -8.00. The van der Waals surface area contributed by atoms with Crippen LogP contribution in [0.1, 0.15) is 49.7 Å². The molecule has 62 heavy (non-hydrogen) atoms. The summed E-state index contributed by atoms with van der Waals surface area (Å²) in [6.07, 6.45) is 10.8. The van der Waals surface area contributed by atoms with Gasteiger partial charge in [-0.3, -0.25) is 0 Å². The monoisotopic (exact) mass is 816 g/mol. The van der Waals surface area contributed by atoms with E-state index in [0.717, 1.165) is 48.4 Å². The highest BCUT2D eigenvalue weighted by molar-refractivity contribution is 6.10. The number of nitrogens with zero attached hydrogens (tertiary/aromatic N) is 12. The van der Waals surface area contributed by atoms with Crippen molar-refractivity contribution in [3.8, 4) is 0 Å². The molecule has 0 saturated carbocycles. The van der Waals surface area contributed by atoms with Crippen LogP contribution in [0.5, 0.6) is 0 Å². The standard InChI is InChI=1S/C48H44N14/c1(3-15-29-59-43-23-13-11-21-39(43)41-31-35(25-27-45(41)59)33-49-61(47-51-55-56-52-47)37-17-7-5-8-18-37)2-4-16-30-60-44-24-14-12-22-40(44)42-32-36(26-28-46(42)60)34-50-62(48-53-57-58-54-48)38-19-9-6-10-20-38/h5-14,17-28,31-34H,1-4,15-16,29-30H2,(H,51,52,55,56)(H,53,54,57,58)/b49-33+,50-34+. The predicted molar refractivity (Wildman–Crippen MR) is 247 cm³/mol. The topological polar surface area (TPSA) is 150 Å². The maximum atomic E-state index is 4.78. The van der Waals surface area contributed by atoms with E-state index >= 15 is 0 Å². The Labute approximate surface area is 357 Å². The van der Waals surface area contributed by atoms with Crippen molar-refractivity contribution in [3.05, 3.63) is 157 Å². The number of anilines is 4. The molecule has 306 valence electrons. The molecule has 10 rings (SSSR count). The van der Waals surface area contributed by atoms with Crippen molar-refractivity contribution in [2.45, 2.75) is 51.6 Å². The number of aromatic nitrogens is 10. The Kier molecular flexibility index (Phi) is 10.9. The van der Waals surface area contributed by atoms with E-state index in [-0.39, 0.29) is 0 Å². The number of para-hydroxylation sites is 4. The van der Waals surface area contributed by atoms with Crippen LogP contribution in [0.25, 0.3) is 43.6 Å². The molecule has 0 radical (unpaired) electrons. The van der Waals surface area contributed by atoms with E-state index in [4.69, 9.17) is 10.2 Å². The molecule has 0 bridgehead atoms. The number of tetrazole rings is 2. The van der Waals surface area contributed by atoms with Crippen molar-refractivity contribution < 1.29 is 0 Å². The minimum atomic E-state index is 0.445. The number of rotatable bonds is 17. The first-order valence-corrected chi connectivity index (χ1v) is 21.1. The highest BCUT2D eigenvalue weighted by Crippen LogP contribution is 2.32. The molecular formula is C48H44N14. The largest absolute Gasteiger partial charge is 0.340 e. The van der Waals surface area contributed by atoms with Crippen LogP contribution in [0.2, 0.25) is 0 Å². The van der Waals surface area contributed by atoms with Gasteiger partial charge in [-0.25, -0.2) is 10.2 Å². The van der Waals surface area contributed by atoms with Crippen molar-refractivity contribution in [2.75, 3.05) is 10.0 Å². The van der Waals surface area contributed by atoms with Gasteiger partial charge in [0.15, 0.2) is 0 Å². The van der Waals surface area contributed by atoms with Gasteiger partial charge < -0.3 is 9.13 Å². The molecule has 14 heteroatoms. The van der Waals surface area contributed by atoms with Gasteiger partial charge in [0.05, 0.1) is 23.8 Å². The zero-order valence-corrected chi connectivity index (χ0v) is 34.0. The number of hydrazone groups is 2. The van der Waals surface area contributed by atoms with Gasteiger partial charge in [0, 0.05) is 56.7 Å². The molecule has 0 aliphatic heterocycles. The van der Waals surface area contributed by atoms with Crippen LogP contribution in [0.15, 0.2) is 156 Å². The number of unbranched alkanes of at least 4 members (excludes halogenated alkanes) is 5. The second-order valence-electron chi connectivity index (χ2n) is 15.2. The maximum absolute atomic E-state index is 4.78. The number of H-pyrrole nitrogens is 2. The quantitative estimate of drug-likeness (QED) is 0.0524. The maximum Gasteiger partial charge on any atom is 0.268 e. The minimum absolute atomic E-state index is 0.445. The van der Waals surface area contributed by atoms with Crippen LogP contribution < -0.4 is 10.0 Å². The van der Waals surface area contributed by atoms with Crippen LogP contribution in [0.4, 0.5) is 23.3 Å². The molecule has 0 spiro atoms. The summed E-state index contributed by atoms with van der Waals surface area (Å²) in [6, 6.07) is 50.3. The summed E-state index contributed by atoms with van der Waals surface area (Å²) in [5, 5.41) is 46.7. The molecule has 0 aliphatic rings. The molecule has 6 aromatic carbocycles. The van der Waals surface area contributed by atoms with Crippen molar-refractivity contribution in [1.82, 2.24) is 50.4 Å². The molecule has 2 N–H and O–H groups in total. The van der Waals surface area contributed by atoms with Crippen LogP contribution in [-0.4, -0.2) is 62.8 Å². The molecule has 0 aliphatic carbocycles. The highest BCUT2D eigenvalue weighted by Gasteiger charge is 2.15. The third-order valence-corrected chi connectivity index (χ3v) is 11.3. The lowest BCUT2D eigenvalue weighted by molar-refractivity contribution is 0.545. The number of aryl methyl sites for hydroxylation is 2. The van der Waals surface area contributed by atoms with Gasteiger partial charge in [0.2, 0.25) is 0 Å². The van der Waals surface area contributed by atoms with Crippen molar-refractivity contribution in [2.24, 2.45) is 10.2 Å². The summed E-state index contributed by atoms with van der Waals surface area (Å²) in [4.78, 5) is 0. The number of nitrogens with one attached hydrogen (secondary N) is 2. The Bertz CT molecular complexity index is 2890. The normalized spacial score (nSPS) is 11.9. The number of hydrogen-bond donors (Lipinski definition) is 2. The minimum Gasteiger partial charge on any atom is -0.340 e. The Balaban J connectivity index is 0.766. The van der Waals surface area contributed by atoms with Crippen LogP contribution in [-0.2, 0) is 13.1 Å². The smallest absolute Gasteiger partial charge is 0.268 e. The number of fused-ring (bicyclic) bond motifs is 6.